The molecule has 0 unspecified atom stereocenters. The Hall–Kier alpha value is -4.39. The summed E-state index contributed by atoms with van der Waals surface area (Å²) in [5.41, 5.74) is 1.72. The maximum atomic E-state index is 14.2. The molecule has 1 aliphatic carbocycles. The molecule has 3 saturated heterocycles. The van der Waals surface area contributed by atoms with Crippen LogP contribution in [-0.2, 0) is 45.8 Å². The van der Waals surface area contributed by atoms with E-state index in [0.29, 0.717) is 0 Å². The van der Waals surface area contributed by atoms with Gasteiger partial charge in [-0.05, 0) is 17.2 Å². The van der Waals surface area contributed by atoms with E-state index in [-0.39, 0.29) is 32.0 Å². The number of carbonyl (C=O) groups is 3. The summed E-state index contributed by atoms with van der Waals surface area (Å²) in [5.74, 6) is -2.49. The second-order valence-corrected chi connectivity index (χ2v) is 12.5. The largest absolute Gasteiger partial charge is 0.458 e. The van der Waals surface area contributed by atoms with Gasteiger partial charge >= 0.3 is 5.97 Å². The lowest BCUT2D eigenvalue weighted by Gasteiger charge is -2.48. The number of nitrogens with zero attached hydrogens (tertiary/aromatic N) is 2. The summed E-state index contributed by atoms with van der Waals surface area (Å²) in [6.07, 6.45) is 0.161. The second kappa shape index (κ2) is 12.3. The molecule has 0 aromatic heterocycles. The van der Waals surface area contributed by atoms with Crippen molar-refractivity contribution in [2.24, 2.45) is 5.41 Å². The smallest absolute Gasteiger partial charge is 0.327 e. The lowest BCUT2D eigenvalue weighted by Crippen LogP contribution is -2.69. The lowest BCUT2D eigenvalue weighted by atomic mass is 9.62. The summed E-state index contributed by atoms with van der Waals surface area (Å²) in [7, 11) is 3.36. The molecule has 0 radical (unpaired) electrons. The van der Waals surface area contributed by atoms with Crippen molar-refractivity contribution in [2.45, 2.75) is 49.2 Å². The quantitative estimate of drug-likeness (QED) is 0.268. The molecule has 3 aliphatic heterocycles. The zero-order chi connectivity index (χ0) is 32.8. The standard InChI is InChI=1S/C36H37N3O8/c1-38(2)28(41)17-16-23-10-9-11-24(20-23)22-39-31-33(42)44-27-21-35(31,34(43)37-18-19-40)32(47-39)30-29(27)45-36(46-30,25-12-5-3-6-13-25)26-14-7-4-8-15-26/h3-17,20,27,29-32,40H,18-19,21-22H2,1-2H3,(H,37,43)/t27-,29+,30+,31+,32-,35+/m1/s1. The van der Waals surface area contributed by atoms with Gasteiger partial charge in [0.05, 0.1) is 13.2 Å². The zero-order valence-electron chi connectivity index (χ0n) is 26.2. The molecule has 11 nitrogen and oxygen atoms in total. The van der Waals surface area contributed by atoms with Crippen molar-refractivity contribution >= 4 is 23.9 Å². The van der Waals surface area contributed by atoms with E-state index in [4.69, 9.17) is 19.0 Å². The van der Waals surface area contributed by atoms with Crippen LogP contribution in [0.25, 0.3) is 6.08 Å². The fourth-order valence-corrected chi connectivity index (χ4v) is 7.31. The van der Waals surface area contributed by atoms with Crippen molar-refractivity contribution in [2.75, 3.05) is 27.2 Å². The van der Waals surface area contributed by atoms with E-state index in [1.54, 1.807) is 20.2 Å². The van der Waals surface area contributed by atoms with Gasteiger partial charge in [-0.2, -0.15) is 5.06 Å². The number of nitrogens with one attached hydrogen (secondary N) is 1. The Morgan fingerprint density at radius 1 is 0.979 bits per heavy atom. The maximum absolute atomic E-state index is 14.2. The first-order valence-electron chi connectivity index (χ1n) is 15.7. The van der Waals surface area contributed by atoms with Gasteiger partial charge in [0.2, 0.25) is 17.6 Å². The lowest BCUT2D eigenvalue weighted by molar-refractivity contribution is -0.213. The average Bonchev–Trinajstić information content (AvgIpc) is 3.67. The van der Waals surface area contributed by atoms with Gasteiger partial charge < -0.3 is 29.5 Å². The third-order valence-corrected chi connectivity index (χ3v) is 9.43. The Kier molecular flexibility index (Phi) is 8.19. The second-order valence-electron chi connectivity index (χ2n) is 12.5. The Bertz CT molecular complexity index is 1640. The topological polar surface area (TPSA) is 127 Å². The first-order valence-corrected chi connectivity index (χ1v) is 15.7. The molecule has 6 atom stereocenters. The number of amides is 2. The Balaban J connectivity index is 1.27. The van der Waals surface area contributed by atoms with E-state index in [0.717, 1.165) is 22.3 Å². The first-order chi connectivity index (χ1) is 22.8. The summed E-state index contributed by atoms with van der Waals surface area (Å²) < 4.78 is 19.9. The number of hydrogen-bond acceptors (Lipinski definition) is 9. The van der Waals surface area contributed by atoms with E-state index in [9.17, 15) is 19.5 Å². The molecule has 2 bridgehead atoms. The molecule has 3 aromatic carbocycles. The SMILES string of the molecule is CN(C)C(=O)C=Cc1cccc(CN2O[C@@H]3[C@H]4OC(c5ccccc5)(c5ccccc5)O[C@H]4[C@H]4C[C@]3(C(=O)NCCO)[C@@H]2C(=O)O4)c1. The zero-order valence-corrected chi connectivity index (χ0v) is 26.2. The molecule has 4 fully saturated rings. The fourth-order valence-electron chi connectivity index (χ4n) is 7.31. The molecule has 244 valence electrons. The van der Waals surface area contributed by atoms with Crippen LogP contribution < -0.4 is 5.32 Å². The molecule has 4 aliphatic rings. The third-order valence-electron chi connectivity index (χ3n) is 9.43. The van der Waals surface area contributed by atoms with Gasteiger partial charge in [0.1, 0.15) is 29.8 Å². The maximum Gasteiger partial charge on any atom is 0.327 e. The number of aliphatic hydroxyl groups is 1. The number of carbonyl (C=O) groups excluding carboxylic acids is 3. The minimum Gasteiger partial charge on any atom is -0.458 e. The highest BCUT2D eigenvalue weighted by molar-refractivity contribution is 5.94. The van der Waals surface area contributed by atoms with Crippen molar-refractivity contribution in [3.8, 4) is 0 Å². The van der Waals surface area contributed by atoms with Gasteiger partial charge in [-0.15, -0.1) is 0 Å². The monoisotopic (exact) mass is 639 g/mol. The minimum absolute atomic E-state index is 0.0171. The molecular formula is C36H37N3O8. The molecule has 2 amide bonds. The third kappa shape index (κ3) is 5.24. The summed E-state index contributed by atoms with van der Waals surface area (Å²) >= 11 is 0. The van der Waals surface area contributed by atoms with Crippen LogP contribution in [0.4, 0.5) is 0 Å². The molecule has 1 saturated carbocycles. The summed E-state index contributed by atoms with van der Waals surface area (Å²) in [4.78, 5) is 48.3. The molecule has 47 heavy (non-hydrogen) atoms. The Morgan fingerprint density at radius 3 is 2.32 bits per heavy atom. The summed E-state index contributed by atoms with van der Waals surface area (Å²) in [6.45, 7) is -0.0910. The average molecular weight is 640 g/mol. The number of rotatable bonds is 9. The fraction of sp³-hybridized carbons (Fsp3) is 0.361. The summed E-state index contributed by atoms with van der Waals surface area (Å²) in [6, 6.07) is 25.6. The highest BCUT2D eigenvalue weighted by Crippen LogP contribution is 2.59. The molecule has 3 heterocycles. The van der Waals surface area contributed by atoms with Crippen LogP contribution in [0.2, 0.25) is 0 Å². The van der Waals surface area contributed by atoms with Crippen LogP contribution >= 0.6 is 0 Å². The van der Waals surface area contributed by atoms with E-state index < -0.39 is 53.5 Å². The molecule has 11 heteroatoms. The molecule has 3 aromatic rings. The van der Waals surface area contributed by atoms with E-state index in [1.165, 1.54) is 16.0 Å². The van der Waals surface area contributed by atoms with Crippen molar-refractivity contribution in [1.82, 2.24) is 15.3 Å². The highest BCUT2D eigenvalue weighted by Gasteiger charge is 2.76. The van der Waals surface area contributed by atoms with Crippen molar-refractivity contribution in [3.63, 3.8) is 0 Å². The number of likely N-dealkylation sites (N-methyl/N-ethyl adjacent to an activating group) is 1. The van der Waals surface area contributed by atoms with Crippen molar-refractivity contribution in [3.05, 3.63) is 113 Å². The Labute approximate surface area is 272 Å². The molecule has 2 N–H and O–H groups in total. The summed E-state index contributed by atoms with van der Waals surface area (Å²) in [5, 5.41) is 13.9. The van der Waals surface area contributed by atoms with Crippen LogP contribution in [0.15, 0.2) is 91.0 Å². The normalized spacial score (nSPS) is 28.9. The van der Waals surface area contributed by atoms with Gasteiger partial charge in [-0.3, -0.25) is 19.2 Å². The Morgan fingerprint density at radius 2 is 1.66 bits per heavy atom. The number of esters is 1. The predicted molar refractivity (Wildman–Crippen MR) is 169 cm³/mol. The van der Waals surface area contributed by atoms with Crippen LogP contribution in [0.1, 0.15) is 28.7 Å². The van der Waals surface area contributed by atoms with Gasteiger partial charge in [-0.1, -0.05) is 84.9 Å². The highest BCUT2D eigenvalue weighted by atomic mass is 16.8. The number of benzene rings is 3. The first kappa shape index (κ1) is 31.2. The molecular weight excluding hydrogens is 602 g/mol. The minimum atomic E-state index is -1.38. The molecule has 7 rings (SSSR count). The number of ether oxygens (including phenoxy) is 3. The van der Waals surface area contributed by atoms with Gasteiger partial charge in [-0.25, -0.2) is 0 Å². The number of hydroxylamine groups is 2. The van der Waals surface area contributed by atoms with Crippen LogP contribution in [0, 0.1) is 5.41 Å². The van der Waals surface area contributed by atoms with Crippen LogP contribution in [0.5, 0.6) is 0 Å². The van der Waals surface area contributed by atoms with Crippen LogP contribution in [0.3, 0.4) is 0 Å². The number of aliphatic hydroxyl groups excluding tert-OH is 1. The number of fused-ring (bicyclic) bond motifs is 4. The van der Waals surface area contributed by atoms with Crippen molar-refractivity contribution in [1.29, 1.82) is 0 Å². The predicted octanol–water partition coefficient (Wildman–Crippen LogP) is 2.38. The van der Waals surface area contributed by atoms with E-state index in [1.807, 2.05) is 84.9 Å². The van der Waals surface area contributed by atoms with Gasteiger partial charge in [0, 0.05) is 44.3 Å². The van der Waals surface area contributed by atoms with E-state index >= 15 is 0 Å². The van der Waals surface area contributed by atoms with Crippen LogP contribution in [-0.4, -0.2) is 90.6 Å². The van der Waals surface area contributed by atoms with E-state index in [2.05, 4.69) is 5.32 Å². The number of hydrogen-bond donors (Lipinski definition) is 2. The van der Waals surface area contributed by atoms with Gasteiger partial charge in [0.25, 0.3) is 0 Å². The molecule has 0 spiro atoms. The van der Waals surface area contributed by atoms with Gasteiger partial charge in [0.15, 0.2) is 6.04 Å². The van der Waals surface area contributed by atoms with Crippen molar-refractivity contribution < 1.29 is 38.5 Å².